The molecule has 248 valence electrons. The Morgan fingerprint density at radius 3 is 1.77 bits per heavy atom. The number of benzene rings is 7. The van der Waals surface area contributed by atoms with E-state index in [0.29, 0.717) is 33.9 Å². The van der Waals surface area contributed by atoms with Crippen molar-refractivity contribution in [3.63, 3.8) is 0 Å². The van der Waals surface area contributed by atoms with Gasteiger partial charge >= 0.3 is 0 Å². The average Bonchev–Trinajstić information content (AvgIpc) is 3.91. The molecular weight excluding hydrogens is 683 g/mol. The van der Waals surface area contributed by atoms with Crippen molar-refractivity contribution in [2.45, 2.75) is 0 Å². The largest absolute Gasteiger partial charge is 0.456 e. The number of furan rings is 2. The van der Waals surface area contributed by atoms with Gasteiger partial charge in [-0.05, 0) is 48.5 Å². The highest BCUT2D eigenvalue weighted by Crippen LogP contribution is 2.40. The summed E-state index contributed by atoms with van der Waals surface area (Å²) in [4.78, 5) is 14.9. The predicted octanol–water partition coefficient (Wildman–Crippen LogP) is 5.74. The smallest absolute Gasteiger partial charge is 0.167 e. The minimum Gasteiger partial charge on any atom is -0.456 e. The summed E-state index contributed by atoms with van der Waals surface area (Å²) in [5.41, 5.74) is 8.11. The molecule has 0 atom stereocenters. The summed E-state index contributed by atoms with van der Waals surface area (Å²) >= 11 is 0. The van der Waals surface area contributed by atoms with Crippen LogP contribution >= 0.6 is 0 Å². The molecule has 6 nitrogen and oxygen atoms in total. The molecule has 0 amide bonds. The van der Waals surface area contributed by atoms with E-state index < -0.39 is 0 Å². The van der Waals surface area contributed by atoms with Gasteiger partial charge in [-0.2, -0.15) is 0 Å². The molecule has 0 spiro atoms. The molecule has 11 heteroatoms. The highest BCUT2D eigenvalue weighted by atomic mass is 16.3. The van der Waals surface area contributed by atoms with Crippen LogP contribution in [0.3, 0.4) is 0 Å². The maximum Gasteiger partial charge on any atom is 0.167 e. The van der Waals surface area contributed by atoms with Crippen LogP contribution in [0.5, 0.6) is 0 Å². The Labute approximate surface area is 326 Å². The fourth-order valence-electron chi connectivity index (χ4n) is 8.07. The third kappa shape index (κ3) is 4.67. The van der Waals surface area contributed by atoms with E-state index in [4.69, 9.17) is 63.0 Å². The fraction of sp³-hybridized carbons (Fsp3) is 0. The van der Waals surface area contributed by atoms with Crippen molar-refractivity contribution in [1.29, 1.82) is 0 Å². The zero-order valence-electron chi connectivity index (χ0n) is 29.6. The van der Waals surface area contributed by atoms with Gasteiger partial charge < -0.3 is 13.4 Å². The van der Waals surface area contributed by atoms with E-state index in [0.717, 1.165) is 49.4 Å². The van der Waals surface area contributed by atoms with E-state index in [1.807, 2.05) is 72.8 Å². The molecule has 0 aliphatic carbocycles. The summed E-state index contributed by atoms with van der Waals surface area (Å²) in [6.07, 6.45) is 0. The first-order valence-electron chi connectivity index (χ1n) is 18.0. The molecule has 0 fully saturated rings. The lowest BCUT2D eigenvalue weighted by molar-refractivity contribution is 0.668. The predicted molar refractivity (Wildman–Crippen MR) is 232 cm³/mol. The van der Waals surface area contributed by atoms with Crippen LogP contribution in [0, 0.1) is 0 Å². The SMILES string of the molecule is [B]c1c([B])c([B])c(-c2nc(-c3ccc4c(c3)oc3cccc(-n5c6ccccc6c6ccccc65)c34)nc(-c3cccc4c3oc3ccccc34)n2)c([B])c1[B]. The van der Waals surface area contributed by atoms with Crippen LogP contribution in [0.4, 0.5) is 0 Å². The number of hydrogen-bond donors (Lipinski definition) is 0. The minimum absolute atomic E-state index is 0.0948. The van der Waals surface area contributed by atoms with Crippen LogP contribution in [-0.4, -0.2) is 58.8 Å². The van der Waals surface area contributed by atoms with Crippen LogP contribution in [0.2, 0.25) is 0 Å². The van der Waals surface area contributed by atoms with Gasteiger partial charge in [0.05, 0.1) is 27.7 Å². The molecule has 0 N–H and O–H groups in total. The Bertz CT molecular complexity index is 3380. The van der Waals surface area contributed by atoms with Gasteiger partial charge in [0.15, 0.2) is 17.5 Å². The standard InChI is InChI=1S/C45H21B5N4O2/c46-37-36(38(47)40(49)41(50)39(37)48)45-52-43(51-44(53-45)28-13-7-12-26-25-11-3-6-17-32(25)56-42(26)28)22-19-20-27-34(21-22)55-33-18-8-16-31(35(27)33)54-29-14-4-1-9-23(29)24-10-2-5-15-30(24)54/h1-21H. The molecule has 11 aromatic rings. The summed E-state index contributed by atoms with van der Waals surface area (Å²) in [7, 11) is 32.0. The van der Waals surface area contributed by atoms with E-state index >= 15 is 0 Å². The second kappa shape index (κ2) is 12.1. The van der Waals surface area contributed by atoms with Crippen molar-refractivity contribution in [2.75, 3.05) is 0 Å². The van der Waals surface area contributed by atoms with Crippen molar-refractivity contribution in [3.05, 3.63) is 127 Å². The minimum atomic E-state index is 0.0948. The van der Waals surface area contributed by atoms with E-state index in [1.54, 1.807) is 0 Å². The maximum atomic E-state index is 6.59. The molecule has 0 saturated carbocycles. The molecular formula is C45H21B5N4O2. The molecule has 11 rings (SSSR count). The van der Waals surface area contributed by atoms with Gasteiger partial charge in [0.1, 0.15) is 61.6 Å². The Kier molecular flexibility index (Phi) is 7.08. The molecule has 4 aromatic heterocycles. The molecule has 10 radical (unpaired) electrons. The van der Waals surface area contributed by atoms with Crippen LogP contribution < -0.4 is 27.3 Å². The van der Waals surface area contributed by atoms with Gasteiger partial charge in [-0.15, -0.1) is 16.4 Å². The zero-order valence-corrected chi connectivity index (χ0v) is 29.6. The molecule has 56 heavy (non-hydrogen) atoms. The zero-order chi connectivity index (χ0) is 37.8. The molecule has 0 saturated heterocycles. The van der Waals surface area contributed by atoms with Gasteiger partial charge in [0.25, 0.3) is 0 Å². The first-order valence-corrected chi connectivity index (χ1v) is 18.0. The number of rotatable bonds is 4. The molecule has 0 unspecified atom stereocenters. The molecule has 0 bridgehead atoms. The van der Waals surface area contributed by atoms with Crippen LogP contribution in [0.1, 0.15) is 0 Å². The Morgan fingerprint density at radius 1 is 0.429 bits per heavy atom. The highest BCUT2D eigenvalue weighted by molar-refractivity contribution is 6.68. The number of hydrogen-bond acceptors (Lipinski definition) is 5. The number of para-hydroxylation sites is 4. The van der Waals surface area contributed by atoms with E-state index in [9.17, 15) is 0 Å². The first-order chi connectivity index (χ1) is 27.4. The van der Waals surface area contributed by atoms with Gasteiger partial charge in [-0.25, -0.2) is 15.0 Å². The van der Waals surface area contributed by atoms with Crippen molar-refractivity contribution < 1.29 is 8.83 Å². The summed E-state index contributed by atoms with van der Waals surface area (Å²) in [5.74, 6) is 0.849. The van der Waals surface area contributed by atoms with E-state index in [1.165, 1.54) is 10.8 Å². The number of nitrogens with zero attached hydrogens (tertiary/aromatic N) is 4. The quantitative estimate of drug-likeness (QED) is 0.219. The Hall–Kier alpha value is -6.73. The van der Waals surface area contributed by atoms with Gasteiger partial charge in [-0.1, -0.05) is 89.8 Å². The lowest BCUT2D eigenvalue weighted by atomic mass is 9.60. The monoisotopic (exact) mass is 704 g/mol. The van der Waals surface area contributed by atoms with Gasteiger partial charge in [-0.3, -0.25) is 0 Å². The maximum absolute atomic E-state index is 6.59. The van der Waals surface area contributed by atoms with Crippen molar-refractivity contribution in [2.24, 2.45) is 0 Å². The third-order valence-electron chi connectivity index (χ3n) is 10.8. The van der Waals surface area contributed by atoms with Gasteiger partial charge in [0.2, 0.25) is 0 Å². The molecule has 7 aromatic carbocycles. The summed E-state index contributed by atoms with van der Waals surface area (Å²) in [6, 6.07) is 42.7. The number of aromatic nitrogens is 4. The second-order valence-corrected chi connectivity index (χ2v) is 13.9. The second-order valence-electron chi connectivity index (χ2n) is 13.9. The first kappa shape index (κ1) is 32.7. The van der Waals surface area contributed by atoms with E-state index in [2.05, 4.69) is 59.2 Å². The van der Waals surface area contributed by atoms with Crippen LogP contribution in [0.25, 0.3) is 106 Å². The number of fused-ring (bicyclic) bond motifs is 9. The van der Waals surface area contributed by atoms with Crippen LogP contribution in [-0.2, 0) is 0 Å². The van der Waals surface area contributed by atoms with Crippen molar-refractivity contribution in [3.8, 4) is 39.9 Å². The molecule has 0 aliphatic rings. The molecule has 4 heterocycles. The summed E-state index contributed by atoms with van der Waals surface area (Å²) in [6.45, 7) is 0. The lowest BCUT2D eigenvalue weighted by Crippen LogP contribution is -2.55. The molecule has 0 aliphatic heterocycles. The fourth-order valence-corrected chi connectivity index (χ4v) is 8.07. The summed E-state index contributed by atoms with van der Waals surface area (Å²) in [5, 5.41) is 6.19. The lowest BCUT2D eigenvalue weighted by Gasteiger charge is -2.20. The van der Waals surface area contributed by atoms with Gasteiger partial charge in [0, 0.05) is 38.1 Å². The summed E-state index contributed by atoms with van der Waals surface area (Å²) < 4.78 is 15.3. The van der Waals surface area contributed by atoms with Crippen LogP contribution in [0.15, 0.2) is 136 Å². The van der Waals surface area contributed by atoms with Crippen molar-refractivity contribution >= 4 is 132 Å². The Morgan fingerprint density at radius 2 is 1.02 bits per heavy atom. The van der Waals surface area contributed by atoms with Crippen molar-refractivity contribution in [1.82, 2.24) is 19.5 Å². The average molecular weight is 704 g/mol. The highest BCUT2D eigenvalue weighted by Gasteiger charge is 2.22. The van der Waals surface area contributed by atoms with E-state index in [-0.39, 0.29) is 38.7 Å². The topological polar surface area (TPSA) is 69.9 Å². The Balaban J connectivity index is 1.15. The normalized spacial score (nSPS) is 11.9. The third-order valence-corrected chi connectivity index (χ3v) is 10.8.